The summed E-state index contributed by atoms with van der Waals surface area (Å²) >= 11 is 0. The number of aromatic amines is 1. The van der Waals surface area contributed by atoms with Gasteiger partial charge in [-0.05, 0) is 24.1 Å². The first-order valence-electron chi connectivity index (χ1n) is 8.29. The molecule has 9 heteroatoms. The molecule has 2 aromatic heterocycles. The fourth-order valence-corrected chi connectivity index (χ4v) is 3.17. The third kappa shape index (κ3) is 2.72. The molecule has 0 saturated carbocycles. The Kier molecular flexibility index (Phi) is 3.73. The van der Waals surface area contributed by atoms with Crippen LogP contribution in [0.15, 0.2) is 29.1 Å². The molecule has 0 aliphatic carbocycles. The highest BCUT2D eigenvalue weighted by atomic mass is 16.2. The van der Waals surface area contributed by atoms with Crippen LogP contribution in [-0.4, -0.2) is 32.5 Å². The van der Waals surface area contributed by atoms with Crippen molar-refractivity contribution in [2.45, 2.75) is 25.9 Å². The summed E-state index contributed by atoms with van der Waals surface area (Å²) in [5, 5.41) is 5.98. The number of nitrogens with one attached hydrogen (secondary N) is 2. The molecule has 4 N–H and O–H groups in total. The number of H-pyrrole nitrogens is 1. The molecule has 1 amide bonds. The van der Waals surface area contributed by atoms with Gasteiger partial charge in [-0.15, -0.1) is 0 Å². The standard InChI is InChI=1S/C17H19N7O2/c1-9(10-3-4-13-11(5-10)6-14(25)23(13)2)19-8-12-7-15(26)24-17(20-12)21-16(18)22-24/h3-5,7,9,19H,6,8H2,1-2H3,(H3,18,20,21,22). The van der Waals surface area contributed by atoms with Gasteiger partial charge < -0.3 is 16.0 Å². The first-order valence-corrected chi connectivity index (χ1v) is 8.29. The van der Waals surface area contributed by atoms with Crippen molar-refractivity contribution < 1.29 is 4.79 Å². The number of aromatic nitrogens is 4. The van der Waals surface area contributed by atoms with Crippen LogP contribution in [0.2, 0.25) is 0 Å². The molecule has 1 aromatic carbocycles. The number of anilines is 2. The summed E-state index contributed by atoms with van der Waals surface area (Å²) in [6.07, 6.45) is 0.433. The molecule has 4 rings (SSSR count). The number of hydrogen-bond acceptors (Lipinski definition) is 6. The molecule has 0 spiro atoms. The number of carbonyl (C=O) groups excluding carboxylic acids is 1. The van der Waals surface area contributed by atoms with E-state index in [9.17, 15) is 9.59 Å². The van der Waals surface area contributed by atoms with Gasteiger partial charge in [0.2, 0.25) is 11.9 Å². The van der Waals surface area contributed by atoms with E-state index in [1.807, 2.05) is 25.1 Å². The van der Waals surface area contributed by atoms with Crippen LogP contribution >= 0.6 is 0 Å². The van der Waals surface area contributed by atoms with Crippen molar-refractivity contribution >= 4 is 23.3 Å². The fraction of sp³-hybridized carbons (Fsp3) is 0.294. The zero-order valence-electron chi connectivity index (χ0n) is 14.5. The zero-order chi connectivity index (χ0) is 18.4. The van der Waals surface area contributed by atoms with E-state index in [4.69, 9.17) is 5.73 Å². The molecule has 0 fully saturated rings. The van der Waals surface area contributed by atoms with E-state index in [0.717, 1.165) is 16.8 Å². The molecule has 3 aromatic rings. The largest absolute Gasteiger partial charge is 0.368 e. The van der Waals surface area contributed by atoms with E-state index in [1.165, 1.54) is 10.6 Å². The first-order chi connectivity index (χ1) is 12.4. The minimum absolute atomic E-state index is 0.0332. The third-order valence-corrected chi connectivity index (χ3v) is 4.67. The number of carbonyl (C=O) groups is 1. The van der Waals surface area contributed by atoms with Crippen molar-refractivity contribution in [3.05, 3.63) is 51.4 Å². The second kappa shape index (κ2) is 5.95. The number of rotatable bonds is 4. The molecule has 1 unspecified atom stereocenters. The maximum Gasteiger partial charge on any atom is 0.274 e. The number of benzene rings is 1. The van der Waals surface area contributed by atoms with Gasteiger partial charge in [-0.25, -0.2) is 4.98 Å². The number of nitrogens with two attached hydrogens (primary N) is 1. The lowest BCUT2D eigenvalue weighted by atomic mass is 10.0. The van der Waals surface area contributed by atoms with E-state index in [2.05, 4.69) is 20.4 Å². The highest BCUT2D eigenvalue weighted by molar-refractivity contribution is 6.00. The molecule has 0 bridgehead atoms. The van der Waals surface area contributed by atoms with Gasteiger partial charge in [-0.1, -0.05) is 12.1 Å². The van der Waals surface area contributed by atoms with Gasteiger partial charge in [0, 0.05) is 31.4 Å². The van der Waals surface area contributed by atoms with Crippen LogP contribution in [0.3, 0.4) is 0 Å². The van der Waals surface area contributed by atoms with Gasteiger partial charge >= 0.3 is 0 Å². The normalized spacial score (nSPS) is 14.8. The summed E-state index contributed by atoms with van der Waals surface area (Å²) in [5.41, 5.74) is 8.96. The molecule has 134 valence electrons. The fourth-order valence-electron chi connectivity index (χ4n) is 3.17. The van der Waals surface area contributed by atoms with Gasteiger partial charge in [0.15, 0.2) is 0 Å². The summed E-state index contributed by atoms with van der Waals surface area (Å²) in [6.45, 7) is 2.44. The summed E-state index contributed by atoms with van der Waals surface area (Å²) in [6, 6.07) is 7.50. The van der Waals surface area contributed by atoms with Gasteiger partial charge in [-0.3, -0.25) is 14.7 Å². The third-order valence-electron chi connectivity index (χ3n) is 4.67. The Morgan fingerprint density at radius 3 is 2.92 bits per heavy atom. The lowest BCUT2D eigenvalue weighted by Gasteiger charge is -2.16. The summed E-state index contributed by atoms with van der Waals surface area (Å²) in [7, 11) is 1.79. The molecule has 1 aliphatic rings. The topological polar surface area (TPSA) is 121 Å². The Labute approximate surface area is 148 Å². The van der Waals surface area contributed by atoms with Crippen LogP contribution in [-0.2, 0) is 17.8 Å². The van der Waals surface area contributed by atoms with Gasteiger partial charge in [0.25, 0.3) is 11.3 Å². The van der Waals surface area contributed by atoms with Gasteiger partial charge in [0.05, 0.1) is 12.1 Å². The number of fused-ring (bicyclic) bond motifs is 2. The number of amides is 1. The van der Waals surface area contributed by atoms with Crippen molar-refractivity contribution in [2.24, 2.45) is 0 Å². The van der Waals surface area contributed by atoms with Crippen LogP contribution in [0.4, 0.5) is 11.6 Å². The van der Waals surface area contributed by atoms with Crippen LogP contribution in [0.25, 0.3) is 5.78 Å². The highest BCUT2D eigenvalue weighted by Crippen LogP contribution is 2.30. The smallest absolute Gasteiger partial charge is 0.274 e. The average Bonchev–Trinajstić information content (AvgIpc) is 3.12. The molecule has 0 radical (unpaired) electrons. The monoisotopic (exact) mass is 353 g/mol. The highest BCUT2D eigenvalue weighted by Gasteiger charge is 2.24. The Morgan fingerprint density at radius 1 is 1.31 bits per heavy atom. The van der Waals surface area contributed by atoms with Crippen molar-refractivity contribution in [3.63, 3.8) is 0 Å². The summed E-state index contributed by atoms with van der Waals surface area (Å²) in [4.78, 5) is 33.9. The van der Waals surface area contributed by atoms with Crippen LogP contribution in [0, 0.1) is 0 Å². The van der Waals surface area contributed by atoms with Gasteiger partial charge in [0.1, 0.15) is 0 Å². The zero-order valence-corrected chi connectivity index (χ0v) is 14.5. The summed E-state index contributed by atoms with van der Waals surface area (Å²) in [5.74, 6) is 0.498. The van der Waals surface area contributed by atoms with E-state index in [-0.39, 0.29) is 29.2 Å². The number of hydrogen-bond donors (Lipinski definition) is 3. The van der Waals surface area contributed by atoms with E-state index in [0.29, 0.717) is 18.7 Å². The Hall–Kier alpha value is -3.20. The molecule has 3 heterocycles. The Bertz CT molecular complexity index is 1070. The molecule has 9 nitrogen and oxygen atoms in total. The SMILES string of the molecule is CC(NCc1cc(=O)n2[nH]c(N)nc2n1)c1ccc2c(c1)CC(=O)N2C. The maximum absolute atomic E-state index is 12.0. The Morgan fingerprint density at radius 2 is 2.12 bits per heavy atom. The van der Waals surface area contributed by atoms with Crippen LogP contribution < -0.4 is 21.5 Å². The van der Waals surface area contributed by atoms with Crippen LogP contribution in [0.1, 0.15) is 29.8 Å². The number of nitrogen functional groups attached to an aromatic ring is 1. The quantitative estimate of drug-likeness (QED) is 0.623. The average molecular weight is 353 g/mol. The van der Waals surface area contributed by atoms with E-state index < -0.39 is 0 Å². The van der Waals surface area contributed by atoms with Crippen molar-refractivity contribution in [3.8, 4) is 0 Å². The minimum Gasteiger partial charge on any atom is -0.368 e. The second-order valence-electron chi connectivity index (χ2n) is 6.45. The van der Waals surface area contributed by atoms with Crippen molar-refractivity contribution in [2.75, 3.05) is 17.7 Å². The molecule has 0 saturated heterocycles. The molecular formula is C17H19N7O2. The minimum atomic E-state index is -0.261. The van der Waals surface area contributed by atoms with Crippen LogP contribution in [0.5, 0.6) is 0 Å². The number of nitrogens with zero attached hydrogens (tertiary/aromatic N) is 4. The lowest BCUT2D eigenvalue weighted by molar-refractivity contribution is -0.117. The predicted octanol–water partition coefficient (Wildman–Crippen LogP) is 0.370. The molecule has 1 atom stereocenters. The Balaban J connectivity index is 1.51. The maximum atomic E-state index is 12.0. The van der Waals surface area contributed by atoms with E-state index >= 15 is 0 Å². The number of likely N-dealkylation sites (N-methyl/N-ethyl adjacent to an activating group) is 1. The van der Waals surface area contributed by atoms with E-state index in [1.54, 1.807) is 11.9 Å². The van der Waals surface area contributed by atoms with Crippen molar-refractivity contribution in [1.82, 2.24) is 24.9 Å². The second-order valence-corrected chi connectivity index (χ2v) is 6.45. The summed E-state index contributed by atoms with van der Waals surface area (Å²) < 4.78 is 1.20. The predicted molar refractivity (Wildman–Crippen MR) is 96.8 cm³/mol. The lowest BCUT2D eigenvalue weighted by Crippen LogP contribution is -2.22. The molecule has 26 heavy (non-hydrogen) atoms. The molecule has 1 aliphatic heterocycles. The molecular weight excluding hydrogens is 334 g/mol. The van der Waals surface area contributed by atoms with Crippen molar-refractivity contribution in [1.29, 1.82) is 0 Å². The first kappa shape index (κ1) is 16.3. The van der Waals surface area contributed by atoms with Gasteiger partial charge in [-0.2, -0.15) is 9.50 Å².